The van der Waals surface area contributed by atoms with E-state index in [-0.39, 0.29) is 24.3 Å². The predicted molar refractivity (Wildman–Crippen MR) is 92.7 cm³/mol. The molecule has 5 nitrogen and oxygen atoms in total. The highest BCUT2D eigenvalue weighted by molar-refractivity contribution is 5.94. The Hall–Kier alpha value is -2.95. The number of nitrogens with one attached hydrogen (secondary N) is 1. The minimum Gasteiger partial charge on any atom is -0.345 e. The number of fused-ring (bicyclic) bond motifs is 1. The van der Waals surface area contributed by atoms with Crippen LogP contribution in [0, 0.1) is 0 Å². The van der Waals surface area contributed by atoms with Crippen molar-refractivity contribution in [3.05, 3.63) is 66.0 Å². The lowest BCUT2D eigenvalue weighted by molar-refractivity contribution is -0.119. The molecule has 24 heavy (non-hydrogen) atoms. The number of Topliss-reactive ketones (excluding diaryl/α,β-unsaturated/α-hetero) is 1. The molecule has 5 heteroatoms. The van der Waals surface area contributed by atoms with Gasteiger partial charge in [0.1, 0.15) is 5.82 Å². The first-order valence-electron chi connectivity index (χ1n) is 7.87. The van der Waals surface area contributed by atoms with Gasteiger partial charge in [-0.3, -0.25) is 9.59 Å². The highest BCUT2D eigenvalue weighted by Crippen LogP contribution is 2.21. The number of carbonyl (C=O) groups excluding carboxylic acids is 2. The van der Waals surface area contributed by atoms with Crippen molar-refractivity contribution in [3.8, 4) is 0 Å². The molecule has 122 valence electrons. The zero-order valence-corrected chi connectivity index (χ0v) is 13.7. The smallest absolute Gasteiger partial charge is 0.251 e. The number of hydrogen-bond acceptors (Lipinski definition) is 3. The van der Waals surface area contributed by atoms with Crippen molar-refractivity contribution in [1.29, 1.82) is 0 Å². The zero-order chi connectivity index (χ0) is 17.1. The summed E-state index contributed by atoms with van der Waals surface area (Å²) in [5.41, 5.74) is 2.30. The summed E-state index contributed by atoms with van der Waals surface area (Å²) in [6.07, 6.45) is 0. The number of amides is 1. The number of ketones is 1. The van der Waals surface area contributed by atoms with Gasteiger partial charge in [0.15, 0.2) is 5.78 Å². The highest BCUT2D eigenvalue weighted by atomic mass is 16.1. The average molecular weight is 321 g/mol. The van der Waals surface area contributed by atoms with Crippen molar-refractivity contribution in [1.82, 2.24) is 14.9 Å². The molecule has 2 aromatic carbocycles. The standard InChI is InChI=1S/C19H19N3O2/c1-13(14(2)23)22-17-11-7-6-10-16(17)21-18(22)12-20-19(24)15-8-4-3-5-9-15/h3-11,13H,12H2,1-2H3,(H,20,24). The van der Waals surface area contributed by atoms with E-state index < -0.39 is 0 Å². The second-order valence-corrected chi connectivity index (χ2v) is 5.72. The number of rotatable bonds is 5. The van der Waals surface area contributed by atoms with E-state index in [1.54, 1.807) is 19.1 Å². The minimum absolute atomic E-state index is 0.0498. The van der Waals surface area contributed by atoms with Crippen LogP contribution in [-0.2, 0) is 11.3 Å². The van der Waals surface area contributed by atoms with Gasteiger partial charge in [0.2, 0.25) is 0 Å². The topological polar surface area (TPSA) is 64.0 Å². The Balaban J connectivity index is 1.90. The normalized spacial score (nSPS) is 12.1. The van der Waals surface area contributed by atoms with E-state index in [9.17, 15) is 9.59 Å². The molecule has 1 N–H and O–H groups in total. The van der Waals surface area contributed by atoms with Crippen LogP contribution in [0.4, 0.5) is 0 Å². The van der Waals surface area contributed by atoms with Gasteiger partial charge < -0.3 is 9.88 Å². The highest BCUT2D eigenvalue weighted by Gasteiger charge is 2.19. The Morgan fingerprint density at radius 1 is 1.08 bits per heavy atom. The third-order valence-electron chi connectivity index (χ3n) is 4.09. The average Bonchev–Trinajstić information content (AvgIpc) is 2.97. The monoisotopic (exact) mass is 321 g/mol. The van der Waals surface area contributed by atoms with Gasteiger partial charge in [-0.05, 0) is 38.1 Å². The summed E-state index contributed by atoms with van der Waals surface area (Å²) in [4.78, 5) is 28.7. The number of benzene rings is 2. The molecule has 0 aliphatic rings. The molecule has 1 amide bonds. The molecular formula is C19H19N3O2. The maximum Gasteiger partial charge on any atom is 0.251 e. The van der Waals surface area contributed by atoms with Crippen molar-refractivity contribution in [2.45, 2.75) is 26.4 Å². The number of aromatic nitrogens is 2. The summed E-state index contributed by atoms with van der Waals surface area (Å²) in [5.74, 6) is 0.557. The quantitative estimate of drug-likeness (QED) is 0.785. The lowest BCUT2D eigenvalue weighted by Gasteiger charge is -2.15. The van der Waals surface area contributed by atoms with Crippen molar-refractivity contribution in [2.24, 2.45) is 0 Å². The number of carbonyl (C=O) groups is 2. The maximum absolute atomic E-state index is 12.2. The molecule has 0 fully saturated rings. The fourth-order valence-corrected chi connectivity index (χ4v) is 2.68. The van der Waals surface area contributed by atoms with Gasteiger partial charge in [-0.1, -0.05) is 30.3 Å². The molecule has 1 aromatic heterocycles. The van der Waals surface area contributed by atoms with Gasteiger partial charge in [-0.25, -0.2) is 4.98 Å². The van der Waals surface area contributed by atoms with E-state index in [4.69, 9.17) is 0 Å². The van der Waals surface area contributed by atoms with Gasteiger partial charge in [0.25, 0.3) is 5.91 Å². The van der Waals surface area contributed by atoms with Crippen LogP contribution in [0.15, 0.2) is 54.6 Å². The largest absolute Gasteiger partial charge is 0.345 e. The first-order valence-corrected chi connectivity index (χ1v) is 7.87. The van der Waals surface area contributed by atoms with Crippen LogP contribution in [0.3, 0.4) is 0 Å². The molecule has 0 saturated heterocycles. The summed E-state index contributed by atoms with van der Waals surface area (Å²) >= 11 is 0. The third-order valence-corrected chi connectivity index (χ3v) is 4.09. The van der Waals surface area contributed by atoms with Crippen LogP contribution in [0.2, 0.25) is 0 Å². The second-order valence-electron chi connectivity index (χ2n) is 5.72. The molecule has 0 aliphatic carbocycles. The van der Waals surface area contributed by atoms with E-state index in [2.05, 4.69) is 10.3 Å². The fourth-order valence-electron chi connectivity index (χ4n) is 2.68. The van der Waals surface area contributed by atoms with Crippen molar-refractivity contribution in [2.75, 3.05) is 0 Å². The lowest BCUT2D eigenvalue weighted by Crippen LogP contribution is -2.26. The summed E-state index contributed by atoms with van der Waals surface area (Å²) in [7, 11) is 0. The first kappa shape index (κ1) is 15.9. The SMILES string of the molecule is CC(=O)C(C)n1c(CNC(=O)c2ccccc2)nc2ccccc21. The van der Waals surface area contributed by atoms with Crippen LogP contribution in [-0.4, -0.2) is 21.2 Å². The summed E-state index contributed by atoms with van der Waals surface area (Å²) in [6.45, 7) is 3.67. The van der Waals surface area contributed by atoms with E-state index in [1.807, 2.05) is 54.0 Å². The van der Waals surface area contributed by atoms with Crippen molar-refractivity contribution in [3.63, 3.8) is 0 Å². The molecule has 3 aromatic rings. The molecule has 0 aliphatic heterocycles. The number of nitrogens with zero attached hydrogens (tertiary/aromatic N) is 2. The van der Waals surface area contributed by atoms with Crippen LogP contribution < -0.4 is 5.32 Å². The summed E-state index contributed by atoms with van der Waals surface area (Å²) < 4.78 is 1.89. The summed E-state index contributed by atoms with van der Waals surface area (Å²) in [6, 6.07) is 16.4. The molecule has 1 atom stereocenters. The molecular weight excluding hydrogens is 302 g/mol. The Morgan fingerprint density at radius 2 is 1.75 bits per heavy atom. The van der Waals surface area contributed by atoms with E-state index in [0.717, 1.165) is 11.0 Å². The van der Waals surface area contributed by atoms with Gasteiger partial charge in [0, 0.05) is 5.56 Å². The van der Waals surface area contributed by atoms with Gasteiger partial charge in [0.05, 0.1) is 23.6 Å². The van der Waals surface area contributed by atoms with Gasteiger partial charge >= 0.3 is 0 Å². The summed E-state index contributed by atoms with van der Waals surface area (Å²) in [5, 5.41) is 2.88. The Labute approximate surface area is 140 Å². The number of hydrogen-bond donors (Lipinski definition) is 1. The van der Waals surface area contributed by atoms with E-state index in [0.29, 0.717) is 11.4 Å². The molecule has 3 rings (SSSR count). The van der Waals surface area contributed by atoms with Crippen LogP contribution in [0.25, 0.3) is 11.0 Å². The molecule has 0 saturated carbocycles. The van der Waals surface area contributed by atoms with Crippen LogP contribution >= 0.6 is 0 Å². The van der Waals surface area contributed by atoms with Crippen molar-refractivity contribution >= 4 is 22.7 Å². The van der Waals surface area contributed by atoms with E-state index >= 15 is 0 Å². The molecule has 0 radical (unpaired) electrons. The van der Waals surface area contributed by atoms with Crippen LogP contribution in [0.1, 0.15) is 36.1 Å². The number of imidazole rings is 1. The minimum atomic E-state index is -0.332. The lowest BCUT2D eigenvalue weighted by atomic mass is 10.2. The van der Waals surface area contributed by atoms with Crippen LogP contribution in [0.5, 0.6) is 0 Å². The Kier molecular flexibility index (Phi) is 4.42. The van der Waals surface area contributed by atoms with E-state index in [1.165, 1.54) is 0 Å². The van der Waals surface area contributed by atoms with Gasteiger partial charge in [-0.15, -0.1) is 0 Å². The molecule has 0 bridgehead atoms. The van der Waals surface area contributed by atoms with Gasteiger partial charge in [-0.2, -0.15) is 0 Å². The fraction of sp³-hybridized carbons (Fsp3) is 0.211. The number of para-hydroxylation sites is 2. The molecule has 0 spiro atoms. The second kappa shape index (κ2) is 6.66. The molecule has 1 unspecified atom stereocenters. The Bertz CT molecular complexity index is 884. The molecule has 1 heterocycles. The Morgan fingerprint density at radius 3 is 2.46 bits per heavy atom. The maximum atomic E-state index is 12.2. The van der Waals surface area contributed by atoms with Crippen molar-refractivity contribution < 1.29 is 9.59 Å². The zero-order valence-electron chi connectivity index (χ0n) is 13.7. The predicted octanol–water partition coefficient (Wildman–Crippen LogP) is 3.12. The first-order chi connectivity index (χ1) is 11.6. The third kappa shape index (κ3) is 3.06.